The van der Waals surface area contributed by atoms with Crippen LogP contribution in [0.15, 0.2) is 66.1 Å². The second-order valence-electron chi connectivity index (χ2n) is 8.53. The van der Waals surface area contributed by atoms with Crippen LogP contribution in [0.3, 0.4) is 0 Å². The summed E-state index contributed by atoms with van der Waals surface area (Å²) in [6.45, 7) is 4.99. The summed E-state index contributed by atoms with van der Waals surface area (Å²) in [7, 11) is 0. The molecule has 4 aromatic rings. The molecule has 5 rings (SSSR count). The second-order valence-corrected chi connectivity index (χ2v) is 9.48. The SMILES string of the molecule is Cc1cc(C(=O)CSc2nnc(-c3cccnc3)n2C2CC2)c(C)n1CCc1ccccc1. The van der Waals surface area contributed by atoms with Crippen molar-refractivity contribution in [1.82, 2.24) is 24.3 Å². The maximum Gasteiger partial charge on any atom is 0.192 e. The molecular weight excluding hydrogens is 430 g/mol. The molecule has 1 saturated carbocycles. The Kier molecular flexibility index (Phi) is 6.13. The van der Waals surface area contributed by atoms with Gasteiger partial charge in [0.15, 0.2) is 16.8 Å². The third-order valence-corrected chi connectivity index (χ3v) is 7.11. The van der Waals surface area contributed by atoms with Crippen LogP contribution in [0.4, 0.5) is 0 Å². The molecule has 0 aliphatic heterocycles. The number of aromatic nitrogens is 5. The van der Waals surface area contributed by atoms with Crippen molar-refractivity contribution in [2.45, 2.75) is 50.9 Å². The zero-order valence-electron chi connectivity index (χ0n) is 18.9. The molecular formula is C26H27N5OS. The van der Waals surface area contributed by atoms with E-state index in [1.807, 2.05) is 37.4 Å². The molecule has 0 spiro atoms. The number of hydrogen-bond acceptors (Lipinski definition) is 5. The monoisotopic (exact) mass is 457 g/mol. The van der Waals surface area contributed by atoms with E-state index in [-0.39, 0.29) is 5.78 Å². The molecule has 0 bridgehead atoms. The zero-order valence-corrected chi connectivity index (χ0v) is 19.8. The predicted molar refractivity (Wildman–Crippen MR) is 131 cm³/mol. The van der Waals surface area contributed by atoms with Crippen LogP contribution in [0.25, 0.3) is 11.4 Å². The average molecular weight is 458 g/mol. The minimum Gasteiger partial charge on any atom is -0.348 e. The van der Waals surface area contributed by atoms with E-state index < -0.39 is 0 Å². The predicted octanol–water partition coefficient (Wildman–Crippen LogP) is 5.31. The van der Waals surface area contributed by atoms with Crippen LogP contribution in [-0.4, -0.2) is 35.9 Å². The molecule has 3 aromatic heterocycles. The van der Waals surface area contributed by atoms with Crippen LogP contribution in [0.5, 0.6) is 0 Å². The molecule has 168 valence electrons. The van der Waals surface area contributed by atoms with E-state index in [0.717, 1.165) is 59.3 Å². The van der Waals surface area contributed by atoms with Crippen molar-refractivity contribution in [3.63, 3.8) is 0 Å². The smallest absolute Gasteiger partial charge is 0.192 e. The van der Waals surface area contributed by atoms with E-state index in [9.17, 15) is 4.79 Å². The van der Waals surface area contributed by atoms with Crippen molar-refractivity contribution in [3.05, 3.63) is 83.4 Å². The summed E-state index contributed by atoms with van der Waals surface area (Å²) in [5.74, 6) is 1.31. The van der Waals surface area contributed by atoms with E-state index in [1.165, 1.54) is 17.3 Å². The molecule has 0 unspecified atom stereocenters. The lowest BCUT2D eigenvalue weighted by atomic mass is 10.1. The molecule has 0 radical (unpaired) electrons. The third-order valence-electron chi connectivity index (χ3n) is 6.17. The summed E-state index contributed by atoms with van der Waals surface area (Å²) in [4.78, 5) is 17.4. The average Bonchev–Trinajstić information content (AvgIpc) is 3.53. The highest BCUT2D eigenvalue weighted by molar-refractivity contribution is 7.99. The van der Waals surface area contributed by atoms with Crippen LogP contribution in [0, 0.1) is 13.8 Å². The number of aryl methyl sites for hydroxylation is 2. The second kappa shape index (κ2) is 9.35. The molecule has 0 saturated heterocycles. The van der Waals surface area contributed by atoms with E-state index in [4.69, 9.17) is 0 Å². The molecule has 1 fully saturated rings. The van der Waals surface area contributed by atoms with Gasteiger partial charge in [0.25, 0.3) is 0 Å². The maximum absolute atomic E-state index is 13.2. The molecule has 1 aliphatic carbocycles. The molecule has 3 heterocycles. The highest BCUT2D eigenvalue weighted by Crippen LogP contribution is 2.41. The number of ketones is 1. The summed E-state index contributed by atoms with van der Waals surface area (Å²) < 4.78 is 4.43. The van der Waals surface area contributed by atoms with Crippen molar-refractivity contribution < 1.29 is 4.79 Å². The van der Waals surface area contributed by atoms with Gasteiger partial charge >= 0.3 is 0 Å². The summed E-state index contributed by atoms with van der Waals surface area (Å²) in [6, 6.07) is 16.8. The third kappa shape index (κ3) is 4.64. The Hall–Kier alpha value is -3.19. The highest BCUT2D eigenvalue weighted by Gasteiger charge is 2.30. The van der Waals surface area contributed by atoms with Crippen molar-refractivity contribution in [2.75, 3.05) is 5.75 Å². The Morgan fingerprint density at radius 2 is 1.91 bits per heavy atom. The fourth-order valence-electron chi connectivity index (χ4n) is 4.25. The zero-order chi connectivity index (χ0) is 22.8. The number of carbonyl (C=O) groups is 1. The number of pyridine rings is 1. The number of carbonyl (C=O) groups excluding carboxylic acids is 1. The Bertz CT molecular complexity index is 1260. The van der Waals surface area contributed by atoms with Gasteiger partial charge in [-0.2, -0.15) is 0 Å². The Balaban J connectivity index is 1.30. The normalized spacial score (nSPS) is 13.4. The summed E-state index contributed by atoms with van der Waals surface area (Å²) >= 11 is 1.48. The Morgan fingerprint density at radius 3 is 2.64 bits per heavy atom. The molecule has 1 aliphatic rings. The van der Waals surface area contributed by atoms with Crippen molar-refractivity contribution >= 4 is 17.5 Å². The first-order chi connectivity index (χ1) is 16.1. The fraction of sp³-hybridized carbons (Fsp3) is 0.308. The molecule has 0 N–H and O–H groups in total. The summed E-state index contributed by atoms with van der Waals surface area (Å²) in [5, 5.41) is 9.65. The van der Waals surface area contributed by atoms with Crippen LogP contribution >= 0.6 is 11.8 Å². The van der Waals surface area contributed by atoms with Crippen LogP contribution < -0.4 is 0 Å². The number of nitrogens with zero attached hydrogens (tertiary/aromatic N) is 5. The van der Waals surface area contributed by atoms with E-state index in [1.54, 1.807) is 6.20 Å². The van der Waals surface area contributed by atoms with E-state index >= 15 is 0 Å². The van der Waals surface area contributed by atoms with Gasteiger partial charge in [-0.05, 0) is 56.9 Å². The first-order valence-corrected chi connectivity index (χ1v) is 12.3. The van der Waals surface area contributed by atoms with Gasteiger partial charge in [-0.1, -0.05) is 42.1 Å². The first kappa shape index (κ1) is 21.6. The summed E-state index contributed by atoms with van der Waals surface area (Å²) in [5.41, 5.74) is 5.22. The van der Waals surface area contributed by atoms with Gasteiger partial charge in [0.2, 0.25) is 0 Å². The largest absolute Gasteiger partial charge is 0.348 e. The minimum atomic E-state index is 0.132. The molecule has 0 atom stereocenters. The van der Waals surface area contributed by atoms with Crippen LogP contribution in [0.2, 0.25) is 0 Å². The lowest BCUT2D eigenvalue weighted by Crippen LogP contribution is -2.09. The number of benzene rings is 1. The molecule has 0 amide bonds. The molecule has 7 heteroatoms. The van der Waals surface area contributed by atoms with Crippen molar-refractivity contribution in [1.29, 1.82) is 0 Å². The number of thioether (sulfide) groups is 1. The first-order valence-electron chi connectivity index (χ1n) is 11.3. The van der Waals surface area contributed by atoms with Crippen molar-refractivity contribution in [3.8, 4) is 11.4 Å². The van der Waals surface area contributed by atoms with Gasteiger partial charge in [-0.3, -0.25) is 14.3 Å². The fourth-order valence-corrected chi connectivity index (χ4v) is 5.14. The highest BCUT2D eigenvalue weighted by atomic mass is 32.2. The molecule has 1 aromatic carbocycles. The van der Waals surface area contributed by atoms with Crippen LogP contribution in [0.1, 0.15) is 46.2 Å². The standard InChI is InChI=1S/C26H27N5OS/c1-18-15-23(19(2)30(18)14-12-20-7-4-3-5-8-20)24(32)17-33-26-29-28-25(31(26)22-10-11-22)21-9-6-13-27-16-21/h3-9,13,15-16,22H,10-12,14,17H2,1-2H3. The quantitative estimate of drug-likeness (QED) is 0.252. The van der Waals surface area contributed by atoms with Gasteiger partial charge in [-0.15, -0.1) is 10.2 Å². The number of Topliss-reactive ketones (excluding diaryl/α,β-unsaturated/α-hetero) is 1. The van der Waals surface area contributed by atoms with E-state index in [2.05, 4.69) is 55.5 Å². The summed E-state index contributed by atoms with van der Waals surface area (Å²) in [6.07, 6.45) is 6.75. The van der Waals surface area contributed by atoms with Gasteiger partial charge in [0, 0.05) is 47.5 Å². The minimum absolute atomic E-state index is 0.132. The van der Waals surface area contributed by atoms with Crippen molar-refractivity contribution in [2.24, 2.45) is 0 Å². The topological polar surface area (TPSA) is 65.6 Å². The number of rotatable bonds is 9. The van der Waals surface area contributed by atoms with Gasteiger partial charge in [0.1, 0.15) is 0 Å². The number of hydrogen-bond donors (Lipinski definition) is 0. The maximum atomic E-state index is 13.2. The van der Waals surface area contributed by atoms with Crippen LogP contribution in [-0.2, 0) is 13.0 Å². The Labute approximate surface area is 198 Å². The van der Waals surface area contributed by atoms with Gasteiger partial charge in [-0.25, -0.2) is 0 Å². The lowest BCUT2D eigenvalue weighted by Gasteiger charge is -2.10. The van der Waals surface area contributed by atoms with Gasteiger partial charge in [0.05, 0.1) is 5.75 Å². The molecule has 6 nitrogen and oxygen atoms in total. The lowest BCUT2D eigenvalue weighted by molar-refractivity contribution is 0.102. The van der Waals surface area contributed by atoms with Gasteiger partial charge < -0.3 is 4.57 Å². The van der Waals surface area contributed by atoms with E-state index in [0.29, 0.717) is 11.8 Å². The molecule has 33 heavy (non-hydrogen) atoms. The Morgan fingerprint density at radius 1 is 1.09 bits per heavy atom.